The van der Waals surface area contributed by atoms with Crippen LogP contribution in [0.3, 0.4) is 0 Å². The molecular formula is C15H22N2O4S. The van der Waals surface area contributed by atoms with Crippen LogP contribution in [0.15, 0.2) is 29.2 Å². The van der Waals surface area contributed by atoms with E-state index in [1.54, 1.807) is 12.1 Å². The van der Waals surface area contributed by atoms with Crippen LogP contribution in [-0.4, -0.2) is 44.9 Å². The Morgan fingerprint density at radius 3 is 2.77 bits per heavy atom. The number of hydrogen-bond donors (Lipinski definition) is 1. The Morgan fingerprint density at radius 1 is 1.36 bits per heavy atom. The number of esters is 1. The number of benzene rings is 1. The van der Waals surface area contributed by atoms with Crippen LogP contribution in [0.1, 0.15) is 36.0 Å². The summed E-state index contributed by atoms with van der Waals surface area (Å²) in [6.07, 6.45) is 3.24. The number of methoxy groups -OCH3 is 1. The van der Waals surface area contributed by atoms with Crippen LogP contribution in [0.5, 0.6) is 0 Å². The van der Waals surface area contributed by atoms with Gasteiger partial charge in [-0.25, -0.2) is 13.2 Å². The molecule has 1 aliphatic rings. The average Bonchev–Trinajstić information content (AvgIpc) is 2.55. The van der Waals surface area contributed by atoms with Crippen LogP contribution >= 0.6 is 0 Å². The van der Waals surface area contributed by atoms with E-state index in [-0.39, 0.29) is 16.5 Å². The van der Waals surface area contributed by atoms with Crippen molar-refractivity contribution in [3.05, 3.63) is 29.8 Å². The van der Waals surface area contributed by atoms with Crippen molar-refractivity contribution >= 4 is 16.0 Å². The fourth-order valence-electron chi connectivity index (χ4n) is 2.87. The lowest BCUT2D eigenvalue weighted by atomic mass is 10.0. The smallest absolute Gasteiger partial charge is 0.339 e. The average molecular weight is 326 g/mol. The van der Waals surface area contributed by atoms with Crippen molar-refractivity contribution in [1.29, 1.82) is 0 Å². The number of carbonyl (C=O) groups is 1. The number of rotatable bonds is 5. The molecule has 0 aliphatic carbocycles. The van der Waals surface area contributed by atoms with E-state index >= 15 is 0 Å². The van der Waals surface area contributed by atoms with Gasteiger partial charge in [0.1, 0.15) is 0 Å². The largest absolute Gasteiger partial charge is 0.465 e. The van der Waals surface area contributed by atoms with E-state index in [9.17, 15) is 13.2 Å². The van der Waals surface area contributed by atoms with Crippen LogP contribution in [0.2, 0.25) is 0 Å². The van der Waals surface area contributed by atoms with Gasteiger partial charge in [0.15, 0.2) is 0 Å². The third kappa shape index (κ3) is 3.31. The van der Waals surface area contributed by atoms with Crippen LogP contribution in [0, 0.1) is 0 Å². The molecule has 1 heterocycles. The zero-order valence-corrected chi connectivity index (χ0v) is 13.5. The summed E-state index contributed by atoms with van der Waals surface area (Å²) in [6, 6.07) is 6.06. The van der Waals surface area contributed by atoms with E-state index in [1.807, 2.05) is 0 Å². The Balaban J connectivity index is 2.43. The van der Waals surface area contributed by atoms with Crippen LogP contribution < -0.4 is 5.73 Å². The summed E-state index contributed by atoms with van der Waals surface area (Å²) in [5, 5.41) is 0. The molecule has 22 heavy (non-hydrogen) atoms. The van der Waals surface area contributed by atoms with Crippen molar-refractivity contribution in [3.63, 3.8) is 0 Å². The van der Waals surface area contributed by atoms with E-state index in [0.717, 1.165) is 19.3 Å². The number of nitrogens with zero attached hydrogens (tertiary/aromatic N) is 1. The van der Waals surface area contributed by atoms with Crippen molar-refractivity contribution in [2.24, 2.45) is 5.73 Å². The third-order valence-electron chi connectivity index (χ3n) is 3.95. The zero-order chi connectivity index (χ0) is 16.2. The molecule has 0 spiro atoms. The van der Waals surface area contributed by atoms with Gasteiger partial charge in [-0.15, -0.1) is 0 Å². The highest BCUT2D eigenvalue weighted by atomic mass is 32.2. The van der Waals surface area contributed by atoms with Gasteiger partial charge in [0.25, 0.3) is 0 Å². The van der Waals surface area contributed by atoms with Gasteiger partial charge in [0.2, 0.25) is 10.0 Å². The van der Waals surface area contributed by atoms with Crippen molar-refractivity contribution in [2.75, 3.05) is 20.2 Å². The number of sulfonamides is 1. The Hall–Kier alpha value is -1.44. The zero-order valence-electron chi connectivity index (χ0n) is 12.7. The minimum absolute atomic E-state index is 0.00534. The molecule has 0 aromatic heterocycles. The maximum absolute atomic E-state index is 13.0. The van der Waals surface area contributed by atoms with Crippen molar-refractivity contribution < 1.29 is 17.9 Å². The highest BCUT2D eigenvalue weighted by Gasteiger charge is 2.35. The maximum Gasteiger partial charge on any atom is 0.339 e. The fourth-order valence-corrected chi connectivity index (χ4v) is 4.77. The fraction of sp³-hybridized carbons (Fsp3) is 0.533. The Bertz CT molecular complexity index is 628. The first-order chi connectivity index (χ1) is 10.5. The Kier molecular flexibility index (Phi) is 5.55. The van der Waals surface area contributed by atoms with Gasteiger partial charge in [-0.2, -0.15) is 4.31 Å². The van der Waals surface area contributed by atoms with Gasteiger partial charge in [0, 0.05) is 12.6 Å². The molecule has 1 fully saturated rings. The molecule has 1 aromatic carbocycles. The molecule has 0 amide bonds. The lowest BCUT2D eigenvalue weighted by molar-refractivity contribution is 0.0596. The van der Waals surface area contributed by atoms with Crippen molar-refractivity contribution in [1.82, 2.24) is 4.31 Å². The second kappa shape index (κ2) is 7.21. The lowest BCUT2D eigenvalue weighted by Crippen LogP contribution is -2.44. The Labute approximate surface area is 131 Å². The summed E-state index contributed by atoms with van der Waals surface area (Å²) >= 11 is 0. The van der Waals surface area contributed by atoms with E-state index < -0.39 is 16.0 Å². The summed E-state index contributed by atoms with van der Waals surface area (Å²) in [6.45, 7) is 0.901. The molecule has 0 saturated carbocycles. The van der Waals surface area contributed by atoms with Gasteiger partial charge in [-0.3, -0.25) is 0 Å². The standard InChI is InChI=1S/C15H22N2O4S/c1-21-15(18)13-7-2-3-8-14(13)22(19,20)17-11-5-4-6-12(17)9-10-16/h2-3,7-8,12H,4-6,9-11,16H2,1H3. The van der Waals surface area contributed by atoms with Crippen molar-refractivity contribution in [2.45, 2.75) is 36.6 Å². The number of nitrogens with two attached hydrogens (primary N) is 1. The van der Waals surface area contributed by atoms with Crippen LogP contribution in [0.25, 0.3) is 0 Å². The molecule has 1 atom stereocenters. The molecular weight excluding hydrogens is 304 g/mol. The second-order valence-corrected chi connectivity index (χ2v) is 7.19. The first-order valence-corrected chi connectivity index (χ1v) is 8.85. The first kappa shape index (κ1) is 16.9. The topological polar surface area (TPSA) is 89.7 Å². The summed E-state index contributed by atoms with van der Waals surface area (Å²) in [5.74, 6) is -0.647. The first-order valence-electron chi connectivity index (χ1n) is 7.41. The molecule has 1 saturated heterocycles. The van der Waals surface area contributed by atoms with Gasteiger partial charge in [-0.05, 0) is 37.9 Å². The van der Waals surface area contributed by atoms with Gasteiger partial charge < -0.3 is 10.5 Å². The summed E-state index contributed by atoms with van der Waals surface area (Å²) < 4.78 is 32.2. The molecule has 6 nitrogen and oxygen atoms in total. The van der Waals surface area contributed by atoms with E-state index in [1.165, 1.54) is 23.5 Å². The van der Waals surface area contributed by atoms with Crippen LogP contribution in [0.4, 0.5) is 0 Å². The molecule has 7 heteroatoms. The Morgan fingerprint density at radius 2 is 2.09 bits per heavy atom. The summed E-state index contributed by atoms with van der Waals surface area (Å²) in [5.41, 5.74) is 5.68. The molecule has 0 bridgehead atoms. The van der Waals surface area contributed by atoms with E-state index in [4.69, 9.17) is 10.5 Å². The molecule has 2 N–H and O–H groups in total. The second-order valence-electron chi connectivity index (χ2n) is 5.33. The van der Waals surface area contributed by atoms with Gasteiger partial charge in [0.05, 0.1) is 17.6 Å². The van der Waals surface area contributed by atoms with Gasteiger partial charge in [-0.1, -0.05) is 18.6 Å². The molecule has 2 rings (SSSR count). The predicted molar refractivity (Wildman–Crippen MR) is 83.0 cm³/mol. The van der Waals surface area contributed by atoms with E-state index in [2.05, 4.69) is 0 Å². The SMILES string of the molecule is COC(=O)c1ccccc1S(=O)(=O)N1CCCCC1CCN. The van der Waals surface area contributed by atoms with Crippen LogP contribution in [-0.2, 0) is 14.8 Å². The number of ether oxygens (including phenoxy) is 1. The molecule has 1 aliphatic heterocycles. The minimum atomic E-state index is -3.74. The van der Waals surface area contributed by atoms with E-state index in [0.29, 0.717) is 19.5 Å². The lowest BCUT2D eigenvalue weighted by Gasteiger charge is -2.34. The van der Waals surface area contributed by atoms with Gasteiger partial charge >= 0.3 is 5.97 Å². The number of carbonyl (C=O) groups excluding carboxylic acids is 1. The normalized spacial score (nSPS) is 19.8. The minimum Gasteiger partial charge on any atom is -0.465 e. The summed E-state index contributed by atoms with van der Waals surface area (Å²) in [7, 11) is -2.50. The van der Waals surface area contributed by atoms with Crippen molar-refractivity contribution in [3.8, 4) is 0 Å². The highest BCUT2D eigenvalue weighted by Crippen LogP contribution is 2.28. The number of piperidine rings is 1. The summed E-state index contributed by atoms with van der Waals surface area (Å²) in [4.78, 5) is 11.9. The highest BCUT2D eigenvalue weighted by molar-refractivity contribution is 7.89. The molecule has 0 radical (unpaired) electrons. The predicted octanol–water partition coefficient (Wildman–Crippen LogP) is 1.37. The quantitative estimate of drug-likeness (QED) is 0.825. The molecule has 1 unspecified atom stereocenters. The maximum atomic E-state index is 13.0. The monoisotopic (exact) mass is 326 g/mol. The molecule has 1 aromatic rings. The third-order valence-corrected chi connectivity index (χ3v) is 5.96. The molecule has 122 valence electrons. The number of hydrogen-bond acceptors (Lipinski definition) is 5.